The number of allylic oxidation sites excluding steroid dienone is 3. The molecule has 0 unspecified atom stereocenters. The van der Waals surface area contributed by atoms with E-state index in [1.54, 1.807) is 0 Å². The number of fused-ring (bicyclic) bond motifs is 4. The largest absolute Gasteiger partial charge is 0.507 e. The van der Waals surface area contributed by atoms with E-state index in [9.17, 15) is 5.11 Å². The minimum absolute atomic E-state index is 0. The minimum Gasteiger partial charge on any atom is -0.507 e. The van der Waals surface area contributed by atoms with Gasteiger partial charge in [0.25, 0.3) is 0 Å². The van der Waals surface area contributed by atoms with Crippen LogP contribution < -0.4 is 16.0 Å². The average molecular weight is 1150 g/mol. The Balaban J connectivity index is 0.00000626. The van der Waals surface area contributed by atoms with Gasteiger partial charge in [-0.3, -0.25) is 9.47 Å². The zero-order valence-electron chi connectivity index (χ0n) is 44.7. The van der Waals surface area contributed by atoms with Crippen molar-refractivity contribution in [2.24, 2.45) is 0 Å². The van der Waals surface area contributed by atoms with Gasteiger partial charge in [0.2, 0.25) is 0 Å². The molecule has 0 bridgehead atoms. The predicted molar refractivity (Wildman–Crippen MR) is 305 cm³/mol. The van der Waals surface area contributed by atoms with Gasteiger partial charge >= 0.3 is 6.85 Å². The molecule has 5 heterocycles. The molecule has 8 heteroatoms. The Morgan fingerprint density at radius 2 is 1.22 bits per heavy atom. The summed E-state index contributed by atoms with van der Waals surface area (Å²) in [6.07, 6.45) is 10.9. The molecule has 0 saturated carbocycles. The summed E-state index contributed by atoms with van der Waals surface area (Å²) < 4.78 is 2.36. The standard InChI is InChI=1S/C66H65BN5O.Pt/c1-63(2,3)46-31-32-57(50(38-46)43-25-18-14-19-26-43)71-61(52-39-47(64(4,5)6)40-54(59(52)73)66(10,11)12)69-60-62(71)70(48-27-20-15-21-28-48)58-30-22-29-49-41-51-53(65(7,8)9)35-45(36-55(51)67(60)72(49)58)56-37-44(33-34-68-56)42-23-16-13-17-24-42;/h13-35,37-41,73H,1-12H3;/q-1;. The molecule has 3 aliphatic heterocycles. The Bertz CT molecular complexity index is 3560. The molecule has 8 aromatic rings. The van der Waals surface area contributed by atoms with Crippen LogP contribution in [0.1, 0.15) is 111 Å². The van der Waals surface area contributed by atoms with Gasteiger partial charge < -0.3 is 14.9 Å². The number of rotatable bonds is 6. The molecule has 0 amide bonds. The first kappa shape index (κ1) is 50.6. The van der Waals surface area contributed by atoms with E-state index < -0.39 is 6.85 Å². The van der Waals surface area contributed by atoms with Crippen molar-refractivity contribution in [3.63, 3.8) is 0 Å². The normalized spacial score (nSPS) is 14.2. The zero-order chi connectivity index (χ0) is 51.4. The maximum absolute atomic E-state index is 13.0. The van der Waals surface area contributed by atoms with Crippen LogP contribution in [0, 0.1) is 6.07 Å². The SMILES string of the molecule is CC(C)(C)c1ccc(-n2c(-c3cc(C(C)(C)C)cc(C(C)(C)C)c3O)nc3c2N(c2ccccc2)C2=CC=CC4=Cc5c([c-]c(-c6cc(-c7ccccc7)ccn6)cc5C(C)(C)C)B3N42)c(-c2ccccc2)c1.[Pt]. The number of imidazole rings is 1. The number of aromatic nitrogens is 3. The van der Waals surface area contributed by atoms with E-state index in [1.165, 1.54) is 11.1 Å². The Kier molecular flexibility index (Phi) is 12.6. The first-order chi connectivity index (χ1) is 34.7. The molecule has 374 valence electrons. The molecule has 0 spiro atoms. The summed E-state index contributed by atoms with van der Waals surface area (Å²) in [6, 6.07) is 53.9. The van der Waals surface area contributed by atoms with Crippen molar-refractivity contribution in [2.75, 3.05) is 4.90 Å². The molecule has 0 fully saturated rings. The fraction of sp³-hybridized carbons (Fsp3) is 0.242. The third-order valence-electron chi connectivity index (χ3n) is 14.8. The van der Waals surface area contributed by atoms with E-state index in [0.717, 1.165) is 90.0 Å². The van der Waals surface area contributed by atoms with Crippen LogP contribution in [0.4, 0.5) is 11.5 Å². The third kappa shape index (κ3) is 8.81. The van der Waals surface area contributed by atoms with Crippen LogP contribution in [0.25, 0.3) is 56.7 Å². The van der Waals surface area contributed by atoms with Crippen molar-refractivity contribution < 1.29 is 26.2 Å². The number of nitrogens with zero attached hydrogens (tertiary/aromatic N) is 5. The molecule has 6 aromatic carbocycles. The summed E-state index contributed by atoms with van der Waals surface area (Å²) >= 11 is 0. The van der Waals surface area contributed by atoms with Crippen LogP contribution in [0.3, 0.4) is 0 Å². The average Bonchev–Trinajstić information content (AvgIpc) is 3.75. The number of phenols is 1. The Morgan fingerprint density at radius 1 is 0.595 bits per heavy atom. The molecular weight excluding hydrogens is 1080 g/mol. The molecule has 3 aliphatic rings. The van der Waals surface area contributed by atoms with Crippen LogP contribution in [0.15, 0.2) is 175 Å². The summed E-state index contributed by atoms with van der Waals surface area (Å²) in [5, 5.41) is 13.0. The first-order valence-corrected chi connectivity index (χ1v) is 25.7. The first-order valence-electron chi connectivity index (χ1n) is 25.7. The fourth-order valence-corrected chi connectivity index (χ4v) is 10.8. The number of phenolic OH excluding ortho intramolecular Hbond substituents is 1. The summed E-state index contributed by atoms with van der Waals surface area (Å²) in [7, 11) is 0. The fourth-order valence-electron chi connectivity index (χ4n) is 10.8. The minimum atomic E-state index is -0.427. The van der Waals surface area contributed by atoms with Gasteiger partial charge in [0, 0.05) is 49.8 Å². The van der Waals surface area contributed by atoms with Gasteiger partial charge in [0.15, 0.2) is 0 Å². The van der Waals surface area contributed by atoms with E-state index in [4.69, 9.17) is 9.97 Å². The van der Waals surface area contributed by atoms with Gasteiger partial charge in [-0.25, -0.2) is 4.98 Å². The van der Waals surface area contributed by atoms with Crippen molar-refractivity contribution in [3.8, 4) is 56.3 Å². The van der Waals surface area contributed by atoms with Crippen molar-refractivity contribution in [1.29, 1.82) is 0 Å². The third-order valence-corrected chi connectivity index (χ3v) is 14.8. The van der Waals surface area contributed by atoms with E-state index in [-0.39, 0.29) is 48.5 Å². The second-order valence-corrected chi connectivity index (χ2v) is 24.1. The van der Waals surface area contributed by atoms with Gasteiger partial charge in [-0.1, -0.05) is 192 Å². The molecule has 0 atom stereocenters. The monoisotopic (exact) mass is 1150 g/mol. The van der Waals surface area contributed by atoms with E-state index in [2.05, 4.69) is 267 Å². The smallest absolute Gasteiger partial charge is 0.336 e. The molecule has 0 aliphatic carbocycles. The number of aromatic hydroxyl groups is 1. The molecule has 11 rings (SSSR count). The molecule has 6 nitrogen and oxygen atoms in total. The Labute approximate surface area is 453 Å². The van der Waals surface area contributed by atoms with Gasteiger partial charge in [-0.15, -0.1) is 34.3 Å². The maximum Gasteiger partial charge on any atom is 0.336 e. The quantitative estimate of drug-likeness (QED) is 0.133. The van der Waals surface area contributed by atoms with Crippen LogP contribution in [0.2, 0.25) is 0 Å². The summed E-state index contributed by atoms with van der Waals surface area (Å²) in [5.74, 6) is 2.79. The van der Waals surface area contributed by atoms with Crippen molar-refractivity contribution in [1.82, 2.24) is 19.3 Å². The Hall–Kier alpha value is -6.95. The van der Waals surface area contributed by atoms with Crippen LogP contribution in [-0.4, -0.2) is 31.3 Å². The zero-order valence-corrected chi connectivity index (χ0v) is 47.0. The van der Waals surface area contributed by atoms with Gasteiger partial charge in [-0.05, 0) is 104 Å². The van der Waals surface area contributed by atoms with Crippen molar-refractivity contribution in [3.05, 3.63) is 209 Å². The summed E-state index contributed by atoms with van der Waals surface area (Å²) in [4.78, 5) is 15.9. The number of benzene rings is 6. The van der Waals surface area contributed by atoms with Crippen molar-refractivity contribution >= 4 is 35.5 Å². The number of pyridine rings is 1. The summed E-state index contributed by atoms with van der Waals surface area (Å²) in [6.45, 7) is 26.6. The maximum atomic E-state index is 13.0. The number of hydrogen-bond acceptors (Lipinski definition) is 5. The predicted octanol–water partition coefficient (Wildman–Crippen LogP) is 15.0. The van der Waals surface area contributed by atoms with Crippen LogP contribution in [-0.2, 0) is 42.7 Å². The second kappa shape index (κ2) is 18.5. The van der Waals surface area contributed by atoms with E-state index in [1.807, 2.05) is 6.20 Å². The molecule has 1 N–H and O–H groups in total. The van der Waals surface area contributed by atoms with Gasteiger partial charge in [-0.2, -0.15) is 0 Å². The number of hydrogen-bond donors (Lipinski definition) is 1. The van der Waals surface area contributed by atoms with Gasteiger partial charge in [0.1, 0.15) is 23.2 Å². The molecular formula is C66H65BN5OPt-. The van der Waals surface area contributed by atoms with E-state index in [0.29, 0.717) is 11.4 Å². The van der Waals surface area contributed by atoms with E-state index >= 15 is 0 Å². The topological polar surface area (TPSA) is 57.4 Å². The van der Waals surface area contributed by atoms with Gasteiger partial charge in [0.05, 0.1) is 16.8 Å². The molecule has 2 aromatic heterocycles. The molecule has 0 radical (unpaired) electrons. The second-order valence-electron chi connectivity index (χ2n) is 24.1. The van der Waals surface area contributed by atoms with Crippen LogP contribution >= 0.6 is 0 Å². The summed E-state index contributed by atoms with van der Waals surface area (Å²) in [5.41, 5.74) is 16.4. The van der Waals surface area contributed by atoms with Crippen molar-refractivity contribution in [2.45, 2.75) is 105 Å². The Morgan fingerprint density at radius 3 is 1.85 bits per heavy atom. The molecule has 0 saturated heterocycles. The van der Waals surface area contributed by atoms with Crippen LogP contribution in [0.5, 0.6) is 5.75 Å². The molecule has 74 heavy (non-hydrogen) atoms. The number of para-hydroxylation sites is 1. The number of anilines is 2.